The molecular formula is C16H24N2O6S. The Balaban J connectivity index is 2.84. The third-order valence-electron chi connectivity index (χ3n) is 3.61. The third-order valence-corrected chi connectivity index (χ3v) is 5.22. The lowest BCUT2D eigenvalue weighted by Crippen LogP contribution is -2.41. The zero-order chi connectivity index (χ0) is 19.0. The molecule has 0 fully saturated rings. The maximum atomic E-state index is 12.2. The van der Waals surface area contributed by atoms with Crippen LogP contribution in [-0.2, 0) is 19.6 Å². The van der Waals surface area contributed by atoms with E-state index in [1.54, 1.807) is 6.92 Å². The van der Waals surface area contributed by atoms with E-state index in [9.17, 15) is 18.0 Å². The molecule has 0 saturated heterocycles. The number of aliphatic carboxylic acids is 1. The van der Waals surface area contributed by atoms with Crippen molar-refractivity contribution in [2.75, 3.05) is 13.7 Å². The van der Waals surface area contributed by atoms with Crippen LogP contribution in [0.2, 0.25) is 0 Å². The molecule has 140 valence electrons. The van der Waals surface area contributed by atoms with Crippen LogP contribution >= 0.6 is 0 Å². The topological polar surface area (TPSA) is 122 Å². The molecule has 0 radical (unpaired) electrons. The Morgan fingerprint density at radius 2 is 1.84 bits per heavy atom. The Kier molecular flexibility index (Phi) is 8.01. The van der Waals surface area contributed by atoms with Crippen LogP contribution in [0.4, 0.5) is 0 Å². The van der Waals surface area contributed by atoms with E-state index < -0.39 is 27.9 Å². The molecule has 9 heteroatoms. The molecule has 2 atom stereocenters. The van der Waals surface area contributed by atoms with Gasteiger partial charge >= 0.3 is 5.97 Å². The molecule has 0 aliphatic carbocycles. The first-order chi connectivity index (χ1) is 11.7. The number of sulfonamides is 1. The van der Waals surface area contributed by atoms with E-state index in [0.717, 1.165) is 0 Å². The second-order valence-electron chi connectivity index (χ2n) is 5.60. The van der Waals surface area contributed by atoms with Gasteiger partial charge < -0.3 is 15.2 Å². The summed E-state index contributed by atoms with van der Waals surface area (Å²) in [5, 5.41) is 11.5. The van der Waals surface area contributed by atoms with E-state index in [0.29, 0.717) is 6.42 Å². The fraction of sp³-hybridized carbons (Fsp3) is 0.500. The van der Waals surface area contributed by atoms with Crippen molar-refractivity contribution >= 4 is 21.9 Å². The molecule has 3 N–H and O–H groups in total. The van der Waals surface area contributed by atoms with Crippen LogP contribution in [0, 0.1) is 0 Å². The van der Waals surface area contributed by atoms with Gasteiger partial charge in [-0.25, -0.2) is 17.9 Å². The highest BCUT2D eigenvalue weighted by molar-refractivity contribution is 7.89. The Labute approximate surface area is 147 Å². The van der Waals surface area contributed by atoms with E-state index in [4.69, 9.17) is 9.84 Å². The summed E-state index contributed by atoms with van der Waals surface area (Å²) < 4.78 is 31.7. The van der Waals surface area contributed by atoms with Crippen molar-refractivity contribution in [1.82, 2.24) is 10.0 Å². The number of rotatable bonds is 10. The molecule has 0 aliphatic rings. The second kappa shape index (κ2) is 9.50. The Morgan fingerprint density at radius 3 is 2.32 bits per heavy atom. The standard InChI is InChI=1S/C16H24N2O6S/c1-4-11(2)18-25(22,23)13-7-5-12(6-8-13)15(19)17-14(16(20)21)9-10-24-3/h5-8,11,14,18H,4,9-10H2,1-3H3,(H,17,19)(H,20,21). The number of methoxy groups -OCH3 is 1. The molecule has 0 heterocycles. The summed E-state index contributed by atoms with van der Waals surface area (Å²) in [5.74, 6) is -1.76. The van der Waals surface area contributed by atoms with Crippen molar-refractivity contribution in [3.63, 3.8) is 0 Å². The quantitative estimate of drug-likeness (QED) is 0.563. The van der Waals surface area contributed by atoms with Crippen molar-refractivity contribution in [3.8, 4) is 0 Å². The van der Waals surface area contributed by atoms with Crippen LogP contribution in [0.3, 0.4) is 0 Å². The summed E-state index contributed by atoms with van der Waals surface area (Å²) in [6.07, 6.45) is 0.778. The Morgan fingerprint density at radius 1 is 1.24 bits per heavy atom. The highest BCUT2D eigenvalue weighted by atomic mass is 32.2. The first-order valence-electron chi connectivity index (χ1n) is 7.86. The predicted molar refractivity (Wildman–Crippen MR) is 91.9 cm³/mol. The summed E-state index contributed by atoms with van der Waals surface area (Å²) in [4.78, 5) is 23.3. The molecule has 0 saturated carbocycles. The van der Waals surface area contributed by atoms with Crippen LogP contribution in [0.15, 0.2) is 29.2 Å². The van der Waals surface area contributed by atoms with Gasteiger partial charge in [0.15, 0.2) is 0 Å². The van der Waals surface area contributed by atoms with Gasteiger partial charge in [0.25, 0.3) is 5.91 Å². The van der Waals surface area contributed by atoms with Gasteiger partial charge in [-0.1, -0.05) is 6.92 Å². The van der Waals surface area contributed by atoms with Gasteiger partial charge in [0.2, 0.25) is 10.0 Å². The molecule has 8 nitrogen and oxygen atoms in total. The zero-order valence-corrected chi connectivity index (χ0v) is 15.3. The minimum atomic E-state index is -3.65. The monoisotopic (exact) mass is 372 g/mol. The van der Waals surface area contributed by atoms with Gasteiger partial charge in [0.05, 0.1) is 4.90 Å². The van der Waals surface area contributed by atoms with Crippen molar-refractivity contribution in [1.29, 1.82) is 0 Å². The lowest BCUT2D eigenvalue weighted by Gasteiger charge is -2.15. The summed E-state index contributed by atoms with van der Waals surface area (Å²) in [7, 11) is -2.22. The minimum absolute atomic E-state index is 0.0403. The molecule has 1 aromatic carbocycles. The normalized spacial score (nSPS) is 13.9. The van der Waals surface area contributed by atoms with Crippen LogP contribution in [0.5, 0.6) is 0 Å². The van der Waals surface area contributed by atoms with Gasteiger partial charge in [0.1, 0.15) is 6.04 Å². The average Bonchev–Trinajstić information content (AvgIpc) is 2.57. The van der Waals surface area contributed by atoms with Gasteiger partial charge in [-0.05, 0) is 37.6 Å². The van der Waals surface area contributed by atoms with Crippen LogP contribution in [-0.4, -0.2) is 51.2 Å². The smallest absolute Gasteiger partial charge is 0.326 e. The third kappa shape index (κ3) is 6.45. The number of hydrogen-bond donors (Lipinski definition) is 3. The number of hydrogen-bond acceptors (Lipinski definition) is 5. The molecule has 25 heavy (non-hydrogen) atoms. The van der Waals surface area contributed by atoms with Gasteiger partial charge in [-0.2, -0.15) is 0 Å². The van der Waals surface area contributed by atoms with Crippen molar-refractivity contribution in [2.24, 2.45) is 0 Å². The van der Waals surface area contributed by atoms with Crippen molar-refractivity contribution in [2.45, 2.75) is 43.7 Å². The van der Waals surface area contributed by atoms with E-state index >= 15 is 0 Å². The average molecular weight is 372 g/mol. The number of carbonyl (C=O) groups is 2. The molecule has 0 spiro atoms. The van der Waals surface area contributed by atoms with Crippen LogP contribution < -0.4 is 10.0 Å². The van der Waals surface area contributed by atoms with E-state index in [1.807, 2.05) is 6.92 Å². The largest absolute Gasteiger partial charge is 0.480 e. The number of carboxylic acids is 1. The molecule has 1 aromatic rings. The molecule has 0 aromatic heterocycles. The molecule has 2 unspecified atom stereocenters. The summed E-state index contributed by atoms with van der Waals surface area (Å²) in [6, 6.07) is 4.02. The van der Waals surface area contributed by atoms with Crippen molar-refractivity contribution < 1.29 is 27.9 Å². The number of carboxylic acid groups (broad SMARTS) is 1. The first kappa shape index (κ1) is 21.1. The van der Waals surface area contributed by atoms with Crippen LogP contribution in [0.25, 0.3) is 0 Å². The molecule has 0 aliphatic heterocycles. The molecular weight excluding hydrogens is 348 g/mol. The predicted octanol–water partition coefficient (Wildman–Crippen LogP) is 0.983. The number of nitrogens with one attached hydrogen (secondary N) is 2. The lowest BCUT2D eigenvalue weighted by atomic mass is 10.1. The molecule has 1 rings (SSSR count). The van der Waals surface area contributed by atoms with Crippen molar-refractivity contribution in [3.05, 3.63) is 29.8 Å². The zero-order valence-electron chi connectivity index (χ0n) is 14.5. The Bertz CT molecular complexity index is 687. The summed E-state index contributed by atoms with van der Waals surface area (Å²) in [6.45, 7) is 3.81. The van der Waals surface area contributed by atoms with Gasteiger partial charge in [0, 0.05) is 31.7 Å². The van der Waals surface area contributed by atoms with Gasteiger partial charge in [-0.15, -0.1) is 0 Å². The number of ether oxygens (including phenoxy) is 1. The number of benzene rings is 1. The second-order valence-corrected chi connectivity index (χ2v) is 7.31. The maximum Gasteiger partial charge on any atom is 0.326 e. The number of carbonyl (C=O) groups excluding carboxylic acids is 1. The van der Waals surface area contributed by atoms with E-state index in [1.165, 1.54) is 31.4 Å². The van der Waals surface area contributed by atoms with Crippen LogP contribution in [0.1, 0.15) is 37.0 Å². The fourth-order valence-electron chi connectivity index (χ4n) is 1.94. The van der Waals surface area contributed by atoms with Gasteiger partial charge in [-0.3, -0.25) is 4.79 Å². The van der Waals surface area contributed by atoms with E-state index in [-0.39, 0.29) is 29.5 Å². The lowest BCUT2D eigenvalue weighted by molar-refractivity contribution is -0.139. The fourth-order valence-corrected chi connectivity index (χ4v) is 3.26. The first-order valence-corrected chi connectivity index (χ1v) is 9.34. The SMILES string of the molecule is CCC(C)NS(=O)(=O)c1ccc(C(=O)NC(CCOC)C(=O)O)cc1. The summed E-state index contributed by atoms with van der Waals surface area (Å²) >= 11 is 0. The molecule has 1 amide bonds. The minimum Gasteiger partial charge on any atom is -0.480 e. The Hall–Kier alpha value is -1.97. The molecule has 0 bridgehead atoms. The summed E-state index contributed by atoms with van der Waals surface area (Å²) in [5.41, 5.74) is 0.172. The van der Waals surface area contributed by atoms with E-state index in [2.05, 4.69) is 10.0 Å². The highest BCUT2D eigenvalue weighted by Crippen LogP contribution is 2.12. The highest BCUT2D eigenvalue weighted by Gasteiger charge is 2.21. The number of amides is 1. The maximum absolute atomic E-state index is 12.2.